The number of nitrogens with zero attached hydrogens (tertiary/aromatic N) is 1. The minimum Gasteiger partial charge on any atom is -0.493 e. The molecule has 1 amide bonds. The average Bonchev–Trinajstić information content (AvgIpc) is 3.03. The summed E-state index contributed by atoms with van der Waals surface area (Å²) in [6, 6.07) is 15.5. The quantitative estimate of drug-likeness (QED) is 0.805. The van der Waals surface area contributed by atoms with Gasteiger partial charge < -0.3 is 19.1 Å². The molecule has 2 aliphatic rings. The first-order valence-corrected chi connectivity index (χ1v) is 9.82. The maximum Gasteiger partial charge on any atom is 0.233 e. The van der Waals surface area contributed by atoms with Crippen LogP contribution in [-0.2, 0) is 4.79 Å². The lowest BCUT2D eigenvalue weighted by Gasteiger charge is -2.32. The van der Waals surface area contributed by atoms with Crippen molar-refractivity contribution >= 4 is 17.7 Å². The molecule has 1 fully saturated rings. The highest BCUT2D eigenvalue weighted by Gasteiger charge is 2.37. The molecule has 4 rings (SSSR count). The van der Waals surface area contributed by atoms with E-state index >= 15 is 0 Å². The number of para-hydroxylation sites is 3. The van der Waals surface area contributed by atoms with Crippen molar-refractivity contribution in [3.63, 3.8) is 0 Å². The van der Waals surface area contributed by atoms with Crippen LogP contribution in [0.3, 0.4) is 0 Å². The van der Waals surface area contributed by atoms with Crippen molar-refractivity contribution in [2.45, 2.75) is 18.4 Å². The predicted octanol–water partition coefficient (Wildman–Crippen LogP) is 3.50. The topological polar surface area (TPSA) is 48.0 Å². The maximum absolute atomic E-state index is 12.5. The lowest BCUT2D eigenvalue weighted by molar-refractivity contribution is -0.129. The van der Waals surface area contributed by atoms with E-state index < -0.39 is 0 Å². The van der Waals surface area contributed by atoms with Crippen LogP contribution in [0, 0.1) is 0 Å². The lowest BCUT2D eigenvalue weighted by atomic mass is 10.1. The first kappa shape index (κ1) is 17.1. The minimum absolute atomic E-state index is 0.0639. The molecule has 6 heteroatoms. The second-order valence-electron chi connectivity index (χ2n) is 6.18. The Morgan fingerprint density at radius 3 is 2.77 bits per heavy atom. The van der Waals surface area contributed by atoms with Crippen LogP contribution in [0.25, 0.3) is 0 Å². The summed E-state index contributed by atoms with van der Waals surface area (Å²) in [5.74, 6) is 2.90. The molecule has 2 atom stereocenters. The summed E-state index contributed by atoms with van der Waals surface area (Å²) >= 11 is 1.63. The van der Waals surface area contributed by atoms with Gasteiger partial charge in [0, 0.05) is 5.56 Å². The van der Waals surface area contributed by atoms with Crippen LogP contribution in [0.4, 0.5) is 0 Å². The minimum atomic E-state index is -0.186. The van der Waals surface area contributed by atoms with E-state index in [0.29, 0.717) is 25.5 Å². The highest BCUT2D eigenvalue weighted by molar-refractivity contribution is 8.00. The van der Waals surface area contributed by atoms with Crippen molar-refractivity contribution in [3.8, 4) is 17.2 Å². The van der Waals surface area contributed by atoms with E-state index in [-0.39, 0.29) is 17.4 Å². The Bertz CT molecular complexity index is 797. The summed E-state index contributed by atoms with van der Waals surface area (Å²) in [7, 11) is 0. The molecule has 0 bridgehead atoms. The standard InChI is InChI=1S/C20H21NO4S/c1-2-23-16-8-4-3-7-15(16)20-21(19(22)13-26-20)11-14-12-24-17-9-5-6-10-18(17)25-14/h3-10,14,20H,2,11-13H2,1H3. The molecule has 2 aromatic rings. The van der Waals surface area contributed by atoms with E-state index in [1.165, 1.54) is 0 Å². The average molecular weight is 371 g/mol. The number of thioether (sulfide) groups is 1. The van der Waals surface area contributed by atoms with Crippen molar-refractivity contribution < 1.29 is 19.0 Å². The Kier molecular flexibility index (Phi) is 4.93. The number of fused-ring (bicyclic) bond motifs is 1. The number of benzene rings is 2. The van der Waals surface area contributed by atoms with E-state index in [9.17, 15) is 4.79 Å². The molecule has 0 N–H and O–H groups in total. The van der Waals surface area contributed by atoms with Crippen molar-refractivity contribution in [1.29, 1.82) is 0 Å². The van der Waals surface area contributed by atoms with Gasteiger partial charge in [-0.1, -0.05) is 30.3 Å². The molecular weight excluding hydrogens is 350 g/mol. The Hall–Kier alpha value is -2.34. The van der Waals surface area contributed by atoms with Crippen molar-refractivity contribution in [3.05, 3.63) is 54.1 Å². The molecule has 2 aromatic carbocycles. The molecule has 0 aliphatic carbocycles. The van der Waals surface area contributed by atoms with Gasteiger partial charge in [0.2, 0.25) is 5.91 Å². The third-order valence-electron chi connectivity index (χ3n) is 4.42. The highest BCUT2D eigenvalue weighted by Crippen LogP contribution is 2.43. The monoisotopic (exact) mass is 371 g/mol. The third-order valence-corrected chi connectivity index (χ3v) is 5.66. The summed E-state index contributed by atoms with van der Waals surface area (Å²) in [5.41, 5.74) is 1.03. The van der Waals surface area contributed by atoms with Gasteiger partial charge in [0.25, 0.3) is 0 Å². The van der Waals surface area contributed by atoms with Crippen molar-refractivity contribution in [2.75, 3.05) is 25.5 Å². The zero-order valence-corrected chi connectivity index (χ0v) is 15.4. The van der Waals surface area contributed by atoms with Gasteiger partial charge in [-0.25, -0.2) is 0 Å². The number of amides is 1. The van der Waals surface area contributed by atoms with Gasteiger partial charge >= 0.3 is 0 Å². The number of hydrogen-bond donors (Lipinski definition) is 0. The molecule has 2 unspecified atom stereocenters. The van der Waals surface area contributed by atoms with E-state index in [0.717, 1.165) is 22.8 Å². The molecule has 5 nitrogen and oxygen atoms in total. The molecule has 26 heavy (non-hydrogen) atoms. The number of ether oxygens (including phenoxy) is 3. The molecule has 0 saturated carbocycles. The largest absolute Gasteiger partial charge is 0.493 e. The van der Waals surface area contributed by atoms with Crippen LogP contribution in [0.2, 0.25) is 0 Å². The Morgan fingerprint density at radius 1 is 1.15 bits per heavy atom. The van der Waals surface area contributed by atoms with Crippen molar-refractivity contribution in [1.82, 2.24) is 4.90 Å². The van der Waals surface area contributed by atoms with E-state index in [1.807, 2.05) is 60.4 Å². The number of carbonyl (C=O) groups excluding carboxylic acids is 1. The molecule has 0 radical (unpaired) electrons. The number of hydrogen-bond acceptors (Lipinski definition) is 5. The van der Waals surface area contributed by atoms with Gasteiger partial charge in [0.1, 0.15) is 17.7 Å². The predicted molar refractivity (Wildman–Crippen MR) is 101 cm³/mol. The molecular formula is C20H21NO4S. The van der Waals surface area contributed by atoms with Crippen LogP contribution < -0.4 is 14.2 Å². The summed E-state index contributed by atoms with van der Waals surface area (Å²) in [6.45, 7) is 3.49. The molecule has 136 valence electrons. The highest BCUT2D eigenvalue weighted by atomic mass is 32.2. The molecule has 2 heterocycles. The lowest BCUT2D eigenvalue weighted by Crippen LogP contribution is -2.42. The Morgan fingerprint density at radius 2 is 1.92 bits per heavy atom. The van der Waals surface area contributed by atoms with Crippen molar-refractivity contribution in [2.24, 2.45) is 0 Å². The van der Waals surface area contributed by atoms with Crippen LogP contribution in [-0.4, -0.2) is 42.4 Å². The van der Waals surface area contributed by atoms with Crippen LogP contribution in [0.5, 0.6) is 17.2 Å². The van der Waals surface area contributed by atoms with E-state index in [2.05, 4.69) is 0 Å². The Labute approximate surface area is 157 Å². The summed E-state index contributed by atoms with van der Waals surface area (Å²) in [4.78, 5) is 14.4. The number of rotatable bonds is 5. The van der Waals surface area contributed by atoms with E-state index in [4.69, 9.17) is 14.2 Å². The molecule has 1 saturated heterocycles. The fraction of sp³-hybridized carbons (Fsp3) is 0.350. The SMILES string of the molecule is CCOc1ccccc1C1SCC(=O)N1CC1COc2ccccc2O1. The first-order chi connectivity index (χ1) is 12.8. The zero-order valence-electron chi connectivity index (χ0n) is 14.6. The summed E-state index contributed by atoms with van der Waals surface area (Å²) in [6.07, 6.45) is -0.186. The van der Waals surface area contributed by atoms with Gasteiger partial charge in [-0.3, -0.25) is 4.79 Å². The Balaban J connectivity index is 1.53. The molecule has 0 aromatic heterocycles. The summed E-state index contributed by atoms with van der Waals surface area (Å²) in [5, 5.41) is -0.0639. The smallest absolute Gasteiger partial charge is 0.233 e. The van der Waals surface area contributed by atoms with Gasteiger partial charge in [0.05, 0.1) is 18.9 Å². The van der Waals surface area contributed by atoms with Crippen LogP contribution >= 0.6 is 11.8 Å². The molecule has 2 aliphatic heterocycles. The fourth-order valence-corrected chi connectivity index (χ4v) is 4.48. The van der Waals surface area contributed by atoms with Gasteiger partial charge in [0.15, 0.2) is 17.6 Å². The van der Waals surface area contributed by atoms with Crippen LogP contribution in [0.1, 0.15) is 17.9 Å². The second-order valence-corrected chi connectivity index (χ2v) is 7.25. The van der Waals surface area contributed by atoms with Gasteiger partial charge in [-0.2, -0.15) is 0 Å². The van der Waals surface area contributed by atoms with E-state index in [1.54, 1.807) is 11.8 Å². The summed E-state index contributed by atoms with van der Waals surface area (Å²) < 4.78 is 17.6. The van der Waals surface area contributed by atoms with Crippen LogP contribution in [0.15, 0.2) is 48.5 Å². The van der Waals surface area contributed by atoms with Gasteiger partial charge in [-0.15, -0.1) is 11.8 Å². The number of carbonyl (C=O) groups is 1. The first-order valence-electron chi connectivity index (χ1n) is 8.77. The fourth-order valence-electron chi connectivity index (χ4n) is 3.25. The maximum atomic E-state index is 12.5. The molecule has 0 spiro atoms. The second kappa shape index (κ2) is 7.50. The zero-order chi connectivity index (χ0) is 17.9. The van der Waals surface area contributed by atoms with Gasteiger partial charge in [-0.05, 0) is 25.1 Å². The normalized spacial score (nSPS) is 21.7. The third kappa shape index (κ3) is 3.33.